The Kier molecular flexibility index (Phi) is 4.81. The van der Waals surface area contributed by atoms with E-state index in [-0.39, 0.29) is 6.17 Å². The number of aromatic nitrogens is 2. The lowest BCUT2D eigenvalue weighted by Crippen LogP contribution is -2.30. The summed E-state index contributed by atoms with van der Waals surface area (Å²) in [6.07, 6.45) is 5.70. The number of nitrogens with zero attached hydrogens (tertiary/aromatic N) is 4. The maximum atomic E-state index is 4.25. The minimum atomic E-state index is 0.210. The van der Waals surface area contributed by atoms with E-state index in [1.165, 1.54) is 11.1 Å². The molecule has 1 aliphatic rings. The molecule has 4 heteroatoms. The van der Waals surface area contributed by atoms with Crippen molar-refractivity contribution >= 4 is 0 Å². The SMILES string of the molecule is c1ccc(CN2CCN(Cc3ccccc3)C2c2cncnc2)cc1. The van der Waals surface area contributed by atoms with E-state index in [4.69, 9.17) is 0 Å². The van der Waals surface area contributed by atoms with E-state index < -0.39 is 0 Å². The summed E-state index contributed by atoms with van der Waals surface area (Å²) in [7, 11) is 0. The van der Waals surface area contributed by atoms with Crippen LogP contribution in [0, 0.1) is 0 Å². The van der Waals surface area contributed by atoms with Crippen molar-refractivity contribution in [3.63, 3.8) is 0 Å². The zero-order valence-corrected chi connectivity index (χ0v) is 14.2. The molecule has 1 fully saturated rings. The van der Waals surface area contributed by atoms with Gasteiger partial charge in [-0.1, -0.05) is 60.7 Å². The summed E-state index contributed by atoms with van der Waals surface area (Å²) >= 11 is 0. The first-order valence-corrected chi connectivity index (χ1v) is 8.71. The van der Waals surface area contributed by atoms with Crippen molar-refractivity contribution < 1.29 is 0 Å². The van der Waals surface area contributed by atoms with Gasteiger partial charge in [0.25, 0.3) is 0 Å². The van der Waals surface area contributed by atoms with Crippen molar-refractivity contribution in [2.45, 2.75) is 19.3 Å². The summed E-state index contributed by atoms with van der Waals surface area (Å²) in [6.45, 7) is 3.96. The summed E-state index contributed by atoms with van der Waals surface area (Å²) in [5, 5.41) is 0. The van der Waals surface area contributed by atoms with Gasteiger partial charge in [-0.05, 0) is 11.1 Å². The maximum Gasteiger partial charge on any atom is 0.115 e. The lowest BCUT2D eigenvalue weighted by Gasteiger charge is -2.30. The Labute approximate surface area is 148 Å². The van der Waals surface area contributed by atoms with Crippen molar-refractivity contribution in [3.8, 4) is 0 Å². The van der Waals surface area contributed by atoms with E-state index in [9.17, 15) is 0 Å². The first kappa shape index (κ1) is 15.9. The van der Waals surface area contributed by atoms with Crippen molar-refractivity contribution in [2.75, 3.05) is 13.1 Å². The molecule has 2 heterocycles. The van der Waals surface area contributed by atoms with Crippen LogP contribution < -0.4 is 0 Å². The maximum absolute atomic E-state index is 4.25. The molecule has 25 heavy (non-hydrogen) atoms. The molecular weight excluding hydrogens is 308 g/mol. The third-order valence-electron chi connectivity index (χ3n) is 4.70. The van der Waals surface area contributed by atoms with Crippen LogP contribution in [0.5, 0.6) is 0 Å². The van der Waals surface area contributed by atoms with Gasteiger partial charge in [0, 0.05) is 44.1 Å². The summed E-state index contributed by atoms with van der Waals surface area (Å²) in [5.74, 6) is 0. The second-order valence-corrected chi connectivity index (χ2v) is 6.46. The Bertz CT molecular complexity index is 727. The van der Waals surface area contributed by atoms with E-state index >= 15 is 0 Å². The molecule has 4 nitrogen and oxygen atoms in total. The van der Waals surface area contributed by atoms with Gasteiger partial charge in [0.15, 0.2) is 0 Å². The first-order valence-electron chi connectivity index (χ1n) is 8.71. The van der Waals surface area contributed by atoms with E-state index in [1.54, 1.807) is 6.33 Å². The van der Waals surface area contributed by atoms with Crippen LogP contribution in [-0.4, -0.2) is 32.9 Å². The van der Waals surface area contributed by atoms with Crippen LogP contribution in [0.25, 0.3) is 0 Å². The predicted molar refractivity (Wildman–Crippen MR) is 98.5 cm³/mol. The molecule has 1 aliphatic heterocycles. The Hall–Kier alpha value is -2.56. The van der Waals surface area contributed by atoms with Gasteiger partial charge in [0.1, 0.15) is 6.33 Å². The lowest BCUT2D eigenvalue weighted by molar-refractivity contribution is 0.125. The molecule has 0 amide bonds. The standard InChI is InChI=1S/C21H22N4/c1-3-7-18(8-4-1)15-24-11-12-25(16-19-9-5-2-6-10-19)21(24)20-13-22-17-23-14-20/h1-10,13-14,17,21H,11-12,15-16H2. The highest BCUT2D eigenvalue weighted by Crippen LogP contribution is 2.32. The van der Waals surface area contributed by atoms with E-state index in [0.717, 1.165) is 31.7 Å². The van der Waals surface area contributed by atoms with Crippen LogP contribution in [0.4, 0.5) is 0 Å². The Morgan fingerprint density at radius 2 is 1.20 bits per heavy atom. The number of hydrogen-bond acceptors (Lipinski definition) is 4. The Balaban J connectivity index is 1.59. The molecule has 3 aromatic rings. The first-order chi connectivity index (χ1) is 12.4. The third kappa shape index (κ3) is 3.76. The quantitative estimate of drug-likeness (QED) is 0.717. The largest absolute Gasteiger partial charge is 0.278 e. The molecule has 4 rings (SSSR count). The topological polar surface area (TPSA) is 32.3 Å². The summed E-state index contributed by atoms with van der Waals surface area (Å²) in [4.78, 5) is 13.5. The zero-order chi connectivity index (χ0) is 16.9. The third-order valence-corrected chi connectivity index (χ3v) is 4.70. The van der Waals surface area contributed by atoms with Crippen molar-refractivity contribution in [3.05, 3.63) is 96.1 Å². The molecule has 0 atom stereocenters. The van der Waals surface area contributed by atoms with Crippen LogP contribution in [0.1, 0.15) is 22.9 Å². The normalized spacial score (nSPS) is 16.3. The van der Waals surface area contributed by atoms with Crippen LogP contribution >= 0.6 is 0 Å². The van der Waals surface area contributed by atoms with Crippen LogP contribution in [0.15, 0.2) is 79.4 Å². The van der Waals surface area contributed by atoms with E-state index in [2.05, 4.69) is 80.4 Å². The summed E-state index contributed by atoms with van der Waals surface area (Å²) in [5.41, 5.74) is 3.84. The van der Waals surface area contributed by atoms with Gasteiger partial charge in [0.2, 0.25) is 0 Å². The van der Waals surface area contributed by atoms with Crippen LogP contribution in [-0.2, 0) is 13.1 Å². The monoisotopic (exact) mass is 330 g/mol. The molecule has 0 saturated carbocycles. The molecule has 0 aliphatic carbocycles. The highest BCUT2D eigenvalue weighted by Gasteiger charge is 2.33. The molecule has 0 bridgehead atoms. The van der Waals surface area contributed by atoms with Gasteiger partial charge >= 0.3 is 0 Å². The average molecular weight is 330 g/mol. The highest BCUT2D eigenvalue weighted by molar-refractivity contribution is 5.19. The van der Waals surface area contributed by atoms with Crippen LogP contribution in [0.3, 0.4) is 0 Å². The molecule has 0 unspecified atom stereocenters. The molecule has 0 N–H and O–H groups in total. The van der Waals surface area contributed by atoms with Crippen LogP contribution in [0.2, 0.25) is 0 Å². The molecule has 1 aromatic heterocycles. The summed E-state index contributed by atoms with van der Waals surface area (Å²) < 4.78 is 0. The fourth-order valence-electron chi connectivity index (χ4n) is 3.56. The van der Waals surface area contributed by atoms with Gasteiger partial charge in [-0.15, -0.1) is 0 Å². The molecule has 126 valence electrons. The van der Waals surface area contributed by atoms with Gasteiger partial charge < -0.3 is 0 Å². The fraction of sp³-hybridized carbons (Fsp3) is 0.238. The van der Waals surface area contributed by atoms with Gasteiger partial charge in [0.05, 0.1) is 6.17 Å². The van der Waals surface area contributed by atoms with Crippen molar-refractivity contribution in [1.82, 2.24) is 19.8 Å². The van der Waals surface area contributed by atoms with E-state index in [0.29, 0.717) is 0 Å². The van der Waals surface area contributed by atoms with Gasteiger partial charge in [-0.2, -0.15) is 0 Å². The molecule has 0 radical (unpaired) electrons. The van der Waals surface area contributed by atoms with Gasteiger partial charge in [-0.25, -0.2) is 9.97 Å². The average Bonchev–Trinajstić information content (AvgIpc) is 3.06. The molecular formula is C21H22N4. The minimum Gasteiger partial charge on any atom is -0.278 e. The van der Waals surface area contributed by atoms with E-state index in [1.807, 2.05) is 12.4 Å². The smallest absolute Gasteiger partial charge is 0.115 e. The molecule has 2 aromatic carbocycles. The lowest BCUT2D eigenvalue weighted by atomic mass is 10.1. The van der Waals surface area contributed by atoms with Crippen molar-refractivity contribution in [2.24, 2.45) is 0 Å². The predicted octanol–water partition coefficient (Wildman–Crippen LogP) is 3.49. The summed E-state index contributed by atoms with van der Waals surface area (Å²) in [6, 6.07) is 21.3. The fourth-order valence-corrected chi connectivity index (χ4v) is 3.56. The number of hydrogen-bond donors (Lipinski definition) is 0. The number of rotatable bonds is 5. The highest BCUT2D eigenvalue weighted by atomic mass is 15.4. The second-order valence-electron chi connectivity index (χ2n) is 6.46. The zero-order valence-electron chi connectivity index (χ0n) is 14.2. The van der Waals surface area contributed by atoms with Crippen molar-refractivity contribution in [1.29, 1.82) is 0 Å². The Morgan fingerprint density at radius 3 is 1.68 bits per heavy atom. The number of benzene rings is 2. The minimum absolute atomic E-state index is 0.210. The second kappa shape index (κ2) is 7.55. The van der Waals surface area contributed by atoms with Gasteiger partial charge in [-0.3, -0.25) is 9.80 Å². The molecule has 0 spiro atoms. The Morgan fingerprint density at radius 1 is 0.720 bits per heavy atom. The molecule has 1 saturated heterocycles.